The zero-order chi connectivity index (χ0) is 8.55. The predicted octanol–water partition coefficient (Wildman–Crippen LogP) is 2.65. The molecule has 0 atom stereocenters. The number of rotatable bonds is 0. The van der Waals surface area contributed by atoms with Crippen LogP contribution in [0.15, 0.2) is 30.3 Å². The Bertz CT molecular complexity index is 423. The van der Waals surface area contributed by atoms with E-state index in [-0.39, 0.29) is 32.7 Å². The number of aromatic hydroxyl groups is 1. The first-order valence-corrected chi connectivity index (χ1v) is 3.88. The van der Waals surface area contributed by atoms with Crippen molar-refractivity contribution in [3.05, 3.63) is 42.0 Å². The maximum atomic E-state index is 9.64. The monoisotopic (exact) mass is 246 g/mol. The molecule has 0 spiro atoms. The molecule has 0 fully saturated rings. The van der Waals surface area contributed by atoms with E-state index in [0.717, 1.165) is 16.3 Å². The molecule has 0 aliphatic carbocycles. The van der Waals surface area contributed by atoms with E-state index in [2.05, 4.69) is 6.07 Å². The number of fused-ring (bicyclic) bond motifs is 1. The van der Waals surface area contributed by atoms with Crippen molar-refractivity contribution in [1.82, 2.24) is 0 Å². The normalized spacial score (nSPS) is 9.62. The molecular formula is C11H9OY-. The second kappa shape index (κ2) is 4.21. The molecular weight excluding hydrogens is 237 g/mol. The molecule has 0 aliphatic heterocycles. The molecule has 13 heavy (non-hydrogen) atoms. The Hall–Kier alpha value is -0.396. The largest absolute Gasteiger partial charge is 0.527 e. The number of aryl methyl sites for hydroxylation is 1. The third-order valence-corrected chi connectivity index (χ3v) is 2.00. The topological polar surface area (TPSA) is 20.2 Å². The Balaban J connectivity index is 0.000000845. The first-order chi connectivity index (χ1) is 5.79. The number of hydrogen-bond donors (Lipinski definition) is 1. The Labute approximate surface area is 103 Å². The molecule has 0 aromatic heterocycles. The summed E-state index contributed by atoms with van der Waals surface area (Å²) in [4.78, 5) is 0. The number of phenols is 1. The van der Waals surface area contributed by atoms with Crippen molar-refractivity contribution in [3.8, 4) is 5.75 Å². The van der Waals surface area contributed by atoms with Crippen LogP contribution in [0.5, 0.6) is 5.75 Å². The molecule has 0 amide bonds. The molecule has 2 aromatic rings. The first kappa shape index (κ1) is 10.7. The molecule has 63 valence electrons. The third-order valence-electron chi connectivity index (χ3n) is 2.00. The summed E-state index contributed by atoms with van der Waals surface area (Å²) in [5, 5.41) is 11.5. The van der Waals surface area contributed by atoms with Gasteiger partial charge in [0.25, 0.3) is 0 Å². The molecule has 0 saturated carbocycles. The molecule has 0 bridgehead atoms. The van der Waals surface area contributed by atoms with Crippen LogP contribution in [0, 0.1) is 13.0 Å². The van der Waals surface area contributed by atoms with Crippen molar-refractivity contribution in [1.29, 1.82) is 0 Å². The van der Waals surface area contributed by atoms with Gasteiger partial charge >= 0.3 is 0 Å². The summed E-state index contributed by atoms with van der Waals surface area (Å²) in [6, 6.07) is 12.6. The molecule has 1 radical (unpaired) electrons. The number of benzene rings is 2. The minimum absolute atomic E-state index is 0. The van der Waals surface area contributed by atoms with E-state index >= 15 is 0 Å². The van der Waals surface area contributed by atoms with Crippen molar-refractivity contribution in [2.45, 2.75) is 6.92 Å². The van der Waals surface area contributed by atoms with Crippen LogP contribution >= 0.6 is 0 Å². The summed E-state index contributed by atoms with van der Waals surface area (Å²) >= 11 is 0. The van der Waals surface area contributed by atoms with Crippen LogP contribution in [0.2, 0.25) is 0 Å². The van der Waals surface area contributed by atoms with Gasteiger partial charge in [-0.2, -0.15) is 0 Å². The van der Waals surface area contributed by atoms with Gasteiger partial charge in [0, 0.05) is 38.5 Å². The number of phenolic OH excluding ortho intramolecular Hbond substituents is 1. The predicted molar refractivity (Wildman–Crippen MR) is 49.2 cm³/mol. The van der Waals surface area contributed by atoms with Crippen molar-refractivity contribution < 1.29 is 37.8 Å². The molecule has 0 aliphatic rings. The summed E-state index contributed by atoms with van der Waals surface area (Å²) in [6.07, 6.45) is 0. The summed E-state index contributed by atoms with van der Waals surface area (Å²) in [7, 11) is 0. The average Bonchev–Trinajstić information content (AvgIpc) is 2.12. The van der Waals surface area contributed by atoms with Crippen LogP contribution < -0.4 is 0 Å². The fourth-order valence-corrected chi connectivity index (χ4v) is 1.28. The van der Waals surface area contributed by atoms with E-state index in [9.17, 15) is 5.11 Å². The second-order valence-corrected chi connectivity index (χ2v) is 2.87. The van der Waals surface area contributed by atoms with Crippen molar-refractivity contribution >= 4 is 10.8 Å². The molecule has 2 rings (SSSR count). The average molecular weight is 246 g/mol. The summed E-state index contributed by atoms with van der Waals surface area (Å²) in [5.41, 5.74) is 0.869. The zero-order valence-corrected chi connectivity index (χ0v) is 10.2. The minimum atomic E-state index is 0. The van der Waals surface area contributed by atoms with Gasteiger partial charge in [-0.25, -0.2) is 0 Å². The standard InChI is InChI=1S/C11H9O.Y/c1-8-6-7-9-4-2-3-5-10(9)11(8)12;/h2-6,12H,1H3;/q-1;. The van der Waals surface area contributed by atoms with Gasteiger partial charge in [0.1, 0.15) is 0 Å². The minimum Gasteiger partial charge on any atom is -0.527 e. The fraction of sp³-hybridized carbons (Fsp3) is 0.0909. The van der Waals surface area contributed by atoms with Crippen LogP contribution in [0.4, 0.5) is 0 Å². The molecule has 1 nitrogen and oxygen atoms in total. The number of hydrogen-bond acceptors (Lipinski definition) is 1. The summed E-state index contributed by atoms with van der Waals surface area (Å²) in [5.74, 6) is 0.365. The molecule has 0 saturated heterocycles. The summed E-state index contributed by atoms with van der Waals surface area (Å²) < 4.78 is 0. The quantitative estimate of drug-likeness (QED) is 0.708. The van der Waals surface area contributed by atoms with Crippen LogP contribution in [-0.2, 0) is 32.7 Å². The Morgan fingerprint density at radius 1 is 1.23 bits per heavy atom. The van der Waals surface area contributed by atoms with E-state index in [1.807, 2.05) is 31.2 Å². The fourth-order valence-electron chi connectivity index (χ4n) is 1.28. The van der Waals surface area contributed by atoms with E-state index in [4.69, 9.17) is 0 Å². The zero-order valence-electron chi connectivity index (χ0n) is 7.41. The molecule has 2 heteroatoms. The van der Waals surface area contributed by atoms with Crippen LogP contribution in [0.25, 0.3) is 10.8 Å². The molecule has 1 N–H and O–H groups in total. The Kier molecular flexibility index (Phi) is 3.46. The SMILES string of the molecule is Cc1c[c-]c2ccccc2c1O.[Y]. The van der Waals surface area contributed by atoms with E-state index < -0.39 is 0 Å². The van der Waals surface area contributed by atoms with E-state index in [1.165, 1.54) is 0 Å². The Morgan fingerprint density at radius 3 is 2.69 bits per heavy atom. The van der Waals surface area contributed by atoms with Gasteiger partial charge in [-0.15, -0.1) is 29.7 Å². The van der Waals surface area contributed by atoms with E-state index in [0.29, 0.717) is 5.75 Å². The van der Waals surface area contributed by atoms with Gasteiger partial charge in [0.2, 0.25) is 0 Å². The van der Waals surface area contributed by atoms with Gasteiger partial charge in [-0.3, -0.25) is 0 Å². The third kappa shape index (κ3) is 1.92. The van der Waals surface area contributed by atoms with Crippen molar-refractivity contribution in [2.24, 2.45) is 0 Å². The van der Waals surface area contributed by atoms with Crippen molar-refractivity contribution in [2.75, 3.05) is 0 Å². The first-order valence-electron chi connectivity index (χ1n) is 3.88. The van der Waals surface area contributed by atoms with Crippen LogP contribution in [-0.4, -0.2) is 5.11 Å². The smallest absolute Gasteiger partial charge is 0.0446 e. The van der Waals surface area contributed by atoms with Gasteiger partial charge < -0.3 is 5.11 Å². The Morgan fingerprint density at radius 2 is 1.92 bits per heavy atom. The van der Waals surface area contributed by atoms with Crippen LogP contribution in [0.1, 0.15) is 5.56 Å². The van der Waals surface area contributed by atoms with Gasteiger partial charge in [0.15, 0.2) is 0 Å². The van der Waals surface area contributed by atoms with E-state index in [1.54, 1.807) is 6.07 Å². The molecule has 2 aromatic carbocycles. The van der Waals surface area contributed by atoms with Crippen molar-refractivity contribution in [3.63, 3.8) is 0 Å². The molecule has 0 heterocycles. The van der Waals surface area contributed by atoms with Gasteiger partial charge in [0.05, 0.1) is 0 Å². The van der Waals surface area contributed by atoms with Gasteiger partial charge in [-0.1, -0.05) is 30.0 Å². The molecule has 0 unspecified atom stereocenters. The second-order valence-electron chi connectivity index (χ2n) is 2.87. The maximum absolute atomic E-state index is 9.64. The summed E-state index contributed by atoms with van der Waals surface area (Å²) in [6.45, 7) is 1.87. The van der Waals surface area contributed by atoms with Crippen LogP contribution in [0.3, 0.4) is 0 Å². The van der Waals surface area contributed by atoms with Gasteiger partial charge in [-0.05, 0) is 0 Å². The maximum Gasteiger partial charge on any atom is 0.0446 e.